The summed E-state index contributed by atoms with van der Waals surface area (Å²) >= 11 is 0. The molecule has 1 spiro atoms. The smallest absolute Gasteiger partial charge is 0.251 e. The number of amides is 1. The van der Waals surface area contributed by atoms with E-state index in [1.54, 1.807) is 0 Å². The molecule has 2 saturated heterocycles. The second-order valence-corrected chi connectivity index (χ2v) is 6.47. The molecule has 3 rings (SSSR count). The van der Waals surface area contributed by atoms with Gasteiger partial charge in [-0.1, -0.05) is 19.1 Å². The zero-order valence-electron chi connectivity index (χ0n) is 13.4. The molecular formula is C18H26N2O2. The summed E-state index contributed by atoms with van der Waals surface area (Å²) in [6.07, 6.45) is 5.52. The number of hydrogen-bond donors (Lipinski definition) is 2. The Balaban J connectivity index is 1.49. The van der Waals surface area contributed by atoms with Crippen LogP contribution in [0.1, 0.15) is 48.5 Å². The molecule has 0 radical (unpaired) electrons. The van der Waals surface area contributed by atoms with Gasteiger partial charge in [-0.15, -0.1) is 0 Å². The van der Waals surface area contributed by atoms with Crippen molar-refractivity contribution in [3.05, 3.63) is 35.4 Å². The fourth-order valence-corrected chi connectivity index (χ4v) is 3.49. The third-order valence-corrected chi connectivity index (χ3v) is 4.97. The van der Waals surface area contributed by atoms with E-state index in [0.717, 1.165) is 50.8 Å². The quantitative estimate of drug-likeness (QED) is 0.897. The van der Waals surface area contributed by atoms with Crippen molar-refractivity contribution in [1.82, 2.24) is 10.6 Å². The Morgan fingerprint density at radius 3 is 2.68 bits per heavy atom. The minimum atomic E-state index is -0.00230. The molecular weight excluding hydrogens is 276 g/mol. The molecule has 2 fully saturated rings. The molecule has 2 heterocycles. The summed E-state index contributed by atoms with van der Waals surface area (Å²) < 4.78 is 6.26. The summed E-state index contributed by atoms with van der Waals surface area (Å²) in [4.78, 5) is 12.2. The fraction of sp³-hybridized carbons (Fsp3) is 0.611. The monoisotopic (exact) mass is 302 g/mol. The lowest BCUT2D eigenvalue weighted by Gasteiger charge is -2.33. The van der Waals surface area contributed by atoms with E-state index < -0.39 is 0 Å². The fourth-order valence-electron chi connectivity index (χ4n) is 3.49. The lowest BCUT2D eigenvalue weighted by Crippen LogP contribution is -2.43. The van der Waals surface area contributed by atoms with Gasteiger partial charge >= 0.3 is 0 Å². The average Bonchev–Trinajstić information content (AvgIpc) is 2.96. The van der Waals surface area contributed by atoms with Gasteiger partial charge in [0.1, 0.15) is 0 Å². The van der Waals surface area contributed by atoms with E-state index in [9.17, 15) is 4.79 Å². The van der Waals surface area contributed by atoms with Gasteiger partial charge in [0.2, 0.25) is 0 Å². The lowest BCUT2D eigenvalue weighted by molar-refractivity contribution is -0.0576. The highest BCUT2D eigenvalue weighted by Crippen LogP contribution is 2.36. The summed E-state index contributed by atoms with van der Waals surface area (Å²) in [5.74, 6) is -0.00230. The summed E-state index contributed by atoms with van der Waals surface area (Å²) in [7, 11) is 0. The Kier molecular flexibility index (Phi) is 4.79. The van der Waals surface area contributed by atoms with Gasteiger partial charge in [0.05, 0.1) is 11.7 Å². The predicted molar refractivity (Wildman–Crippen MR) is 87.1 cm³/mol. The number of ether oxygens (including phenoxy) is 1. The Labute approximate surface area is 132 Å². The highest BCUT2D eigenvalue weighted by molar-refractivity contribution is 5.94. The highest BCUT2D eigenvalue weighted by atomic mass is 16.5. The van der Waals surface area contributed by atoms with Crippen LogP contribution in [0.15, 0.2) is 24.3 Å². The highest BCUT2D eigenvalue weighted by Gasteiger charge is 2.40. The van der Waals surface area contributed by atoms with Crippen LogP contribution < -0.4 is 10.6 Å². The maximum Gasteiger partial charge on any atom is 0.251 e. The Morgan fingerprint density at radius 2 is 2.00 bits per heavy atom. The molecule has 2 aliphatic heterocycles. The summed E-state index contributed by atoms with van der Waals surface area (Å²) in [5.41, 5.74) is 2.05. The number of hydrogen-bond acceptors (Lipinski definition) is 3. The minimum absolute atomic E-state index is 0.00230. The molecule has 1 aromatic rings. The Hall–Kier alpha value is -1.39. The number of benzene rings is 1. The summed E-state index contributed by atoms with van der Waals surface area (Å²) in [6, 6.07) is 7.84. The molecule has 0 aliphatic carbocycles. The Morgan fingerprint density at radius 1 is 1.27 bits per heavy atom. The first-order chi connectivity index (χ1) is 10.7. The molecule has 1 amide bonds. The van der Waals surface area contributed by atoms with Crippen LogP contribution >= 0.6 is 0 Å². The van der Waals surface area contributed by atoms with Gasteiger partial charge in [-0.2, -0.15) is 0 Å². The SMILES string of the molecule is CCc1ccc(C(=O)NCC2CCC3(CCNCC3)O2)cc1. The standard InChI is InChI=1S/C18H26N2O2/c1-2-14-3-5-15(6-4-14)17(21)20-13-16-7-8-18(22-16)9-11-19-12-10-18/h3-6,16,19H,2,7-13H2,1H3,(H,20,21). The summed E-state index contributed by atoms with van der Waals surface area (Å²) in [5, 5.41) is 6.40. The molecule has 22 heavy (non-hydrogen) atoms. The molecule has 4 heteroatoms. The van der Waals surface area contributed by atoms with E-state index in [2.05, 4.69) is 17.6 Å². The number of piperidine rings is 1. The van der Waals surface area contributed by atoms with Crippen LogP contribution in [0.25, 0.3) is 0 Å². The maximum absolute atomic E-state index is 12.2. The van der Waals surface area contributed by atoms with E-state index in [1.807, 2.05) is 24.3 Å². The molecule has 120 valence electrons. The topological polar surface area (TPSA) is 50.4 Å². The molecule has 4 nitrogen and oxygen atoms in total. The molecule has 0 saturated carbocycles. The zero-order valence-corrected chi connectivity index (χ0v) is 13.4. The lowest BCUT2D eigenvalue weighted by atomic mass is 9.89. The van der Waals surface area contributed by atoms with Crippen LogP contribution in [-0.2, 0) is 11.2 Å². The van der Waals surface area contributed by atoms with Crippen LogP contribution in [0.3, 0.4) is 0 Å². The molecule has 1 aromatic carbocycles. The van der Waals surface area contributed by atoms with Crippen molar-refractivity contribution >= 4 is 5.91 Å². The molecule has 1 unspecified atom stereocenters. The second-order valence-electron chi connectivity index (χ2n) is 6.47. The van der Waals surface area contributed by atoms with Gasteiger partial charge in [0.25, 0.3) is 5.91 Å². The molecule has 2 N–H and O–H groups in total. The molecule has 2 aliphatic rings. The maximum atomic E-state index is 12.2. The van der Waals surface area contributed by atoms with Crippen LogP contribution in [0.2, 0.25) is 0 Å². The Bertz CT molecular complexity index is 506. The third kappa shape index (κ3) is 3.50. The number of rotatable bonds is 4. The first kappa shape index (κ1) is 15.5. The third-order valence-electron chi connectivity index (χ3n) is 4.97. The minimum Gasteiger partial charge on any atom is -0.370 e. The van der Waals surface area contributed by atoms with Gasteiger partial charge < -0.3 is 15.4 Å². The van der Waals surface area contributed by atoms with E-state index in [0.29, 0.717) is 6.54 Å². The van der Waals surface area contributed by atoms with Crippen molar-refractivity contribution in [2.75, 3.05) is 19.6 Å². The van der Waals surface area contributed by atoms with Crippen molar-refractivity contribution in [2.24, 2.45) is 0 Å². The second kappa shape index (κ2) is 6.80. The van der Waals surface area contributed by atoms with Gasteiger partial charge in [-0.3, -0.25) is 4.79 Å². The number of carbonyl (C=O) groups is 1. The molecule has 1 atom stereocenters. The largest absolute Gasteiger partial charge is 0.370 e. The van der Waals surface area contributed by atoms with Crippen molar-refractivity contribution in [2.45, 2.75) is 50.7 Å². The van der Waals surface area contributed by atoms with E-state index in [1.165, 1.54) is 5.56 Å². The van der Waals surface area contributed by atoms with Crippen molar-refractivity contribution < 1.29 is 9.53 Å². The van der Waals surface area contributed by atoms with E-state index >= 15 is 0 Å². The van der Waals surface area contributed by atoms with Gasteiger partial charge in [0, 0.05) is 12.1 Å². The normalized spacial score (nSPS) is 23.6. The summed E-state index contributed by atoms with van der Waals surface area (Å²) in [6.45, 7) is 4.82. The zero-order chi connectivity index (χ0) is 15.4. The van der Waals surface area contributed by atoms with E-state index in [-0.39, 0.29) is 17.6 Å². The van der Waals surface area contributed by atoms with E-state index in [4.69, 9.17) is 4.74 Å². The predicted octanol–water partition coefficient (Wildman–Crippen LogP) is 2.28. The van der Waals surface area contributed by atoms with Gasteiger partial charge in [-0.05, 0) is 62.9 Å². The van der Waals surface area contributed by atoms with Crippen molar-refractivity contribution in [3.63, 3.8) is 0 Å². The molecule has 0 bridgehead atoms. The molecule has 0 aromatic heterocycles. The van der Waals surface area contributed by atoms with Crippen LogP contribution in [0.4, 0.5) is 0 Å². The number of carbonyl (C=O) groups excluding carboxylic acids is 1. The van der Waals surface area contributed by atoms with Crippen molar-refractivity contribution in [3.8, 4) is 0 Å². The van der Waals surface area contributed by atoms with Crippen molar-refractivity contribution in [1.29, 1.82) is 0 Å². The van der Waals surface area contributed by atoms with Crippen LogP contribution in [-0.4, -0.2) is 37.2 Å². The average molecular weight is 302 g/mol. The number of aryl methyl sites for hydroxylation is 1. The van der Waals surface area contributed by atoms with Crippen LogP contribution in [0.5, 0.6) is 0 Å². The first-order valence-electron chi connectivity index (χ1n) is 8.46. The van der Waals surface area contributed by atoms with Gasteiger partial charge in [-0.25, -0.2) is 0 Å². The van der Waals surface area contributed by atoms with Gasteiger partial charge in [0.15, 0.2) is 0 Å². The number of nitrogens with one attached hydrogen (secondary N) is 2. The first-order valence-corrected chi connectivity index (χ1v) is 8.46. The van der Waals surface area contributed by atoms with Crippen LogP contribution in [0, 0.1) is 0 Å².